The molecule has 1 amide bonds. The van der Waals surface area contributed by atoms with Gasteiger partial charge < -0.3 is 10.1 Å². The van der Waals surface area contributed by atoms with Crippen LogP contribution in [0.4, 0.5) is 5.82 Å². The Labute approximate surface area is 162 Å². The number of halogens is 2. The molecule has 0 aliphatic carbocycles. The molecule has 1 heterocycles. The molecule has 1 unspecified atom stereocenters. The Morgan fingerprint density at radius 3 is 2.54 bits per heavy atom. The summed E-state index contributed by atoms with van der Waals surface area (Å²) in [6.07, 6.45) is 3.54. The van der Waals surface area contributed by atoms with E-state index in [1.807, 2.05) is 12.1 Å². The number of carbonyl (C=O) groups is 2. The van der Waals surface area contributed by atoms with Crippen molar-refractivity contribution in [3.8, 4) is 0 Å². The van der Waals surface area contributed by atoms with Crippen molar-refractivity contribution in [1.29, 1.82) is 0 Å². The third-order valence-corrected chi connectivity index (χ3v) is 4.21. The maximum absolute atomic E-state index is 12.2. The number of hydrogen-bond acceptors (Lipinski definition) is 4. The second kappa shape index (κ2) is 9.55. The van der Waals surface area contributed by atoms with E-state index in [9.17, 15) is 9.59 Å². The Kier molecular flexibility index (Phi) is 7.42. The van der Waals surface area contributed by atoms with Crippen molar-refractivity contribution in [2.75, 3.05) is 5.32 Å². The Hall–Kier alpha value is -2.11. The summed E-state index contributed by atoms with van der Waals surface area (Å²) in [6, 6.07) is 8.66. The molecule has 0 bridgehead atoms. The first kappa shape index (κ1) is 20.2. The van der Waals surface area contributed by atoms with E-state index in [4.69, 9.17) is 27.9 Å². The molecular weight excluding hydrogens is 375 g/mol. The number of amides is 1. The molecule has 1 aromatic heterocycles. The maximum atomic E-state index is 12.2. The first-order chi connectivity index (χ1) is 12.4. The first-order valence-electron chi connectivity index (χ1n) is 8.32. The minimum atomic E-state index is -1.00. The van der Waals surface area contributed by atoms with Crippen LogP contribution < -0.4 is 5.32 Å². The average Bonchev–Trinajstić information content (AvgIpc) is 2.62. The van der Waals surface area contributed by atoms with Gasteiger partial charge in [-0.15, -0.1) is 0 Å². The van der Waals surface area contributed by atoms with Crippen molar-refractivity contribution >= 4 is 40.9 Å². The van der Waals surface area contributed by atoms with Gasteiger partial charge in [0, 0.05) is 6.20 Å². The zero-order valence-electron chi connectivity index (χ0n) is 14.6. The lowest BCUT2D eigenvalue weighted by atomic mass is 10.1. The first-order valence-corrected chi connectivity index (χ1v) is 9.08. The number of nitrogens with one attached hydrogen (secondary N) is 1. The molecule has 0 fully saturated rings. The molecule has 2 rings (SSSR count). The Balaban J connectivity index is 1.94. The largest absolute Gasteiger partial charge is 0.449 e. The molecular formula is C19H20Cl2N2O3. The number of aromatic nitrogens is 1. The lowest BCUT2D eigenvalue weighted by molar-refractivity contribution is -0.123. The third kappa shape index (κ3) is 5.71. The Bertz CT molecular complexity index is 779. The van der Waals surface area contributed by atoms with Gasteiger partial charge in [0.15, 0.2) is 11.9 Å². The highest BCUT2D eigenvalue weighted by atomic mass is 35.5. The lowest BCUT2D eigenvalue weighted by Gasteiger charge is -2.14. The van der Waals surface area contributed by atoms with E-state index in [0.717, 1.165) is 24.8 Å². The number of hydrogen-bond donors (Lipinski definition) is 1. The molecule has 2 aromatic rings. The minimum Gasteiger partial charge on any atom is -0.449 e. The topological polar surface area (TPSA) is 68.3 Å². The standard InChI is InChI=1S/C19H20Cl2N2O3/c1-3-4-5-13-6-8-14(9-7-13)19(25)26-12(2)18(24)23-17-16(21)10-15(20)11-22-17/h6-12H,3-5H2,1-2H3,(H,22,23,24). The summed E-state index contributed by atoms with van der Waals surface area (Å²) in [5.41, 5.74) is 1.56. The number of pyridine rings is 1. The van der Waals surface area contributed by atoms with Crippen LogP contribution in [0.25, 0.3) is 0 Å². The van der Waals surface area contributed by atoms with Gasteiger partial charge in [0.05, 0.1) is 15.6 Å². The molecule has 1 aromatic carbocycles. The van der Waals surface area contributed by atoms with Crippen LogP contribution in [-0.4, -0.2) is 23.0 Å². The number of nitrogens with zero attached hydrogens (tertiary/aromatic N) is 1. The van der Waals surface area contributed by atoms with E-state index < -0.39 is 18.0 Å². The second-order valence-corrected chi connectivity index (χ2v) is 6.66. The van der Waals surface area contributed by atoms with Crippen LogP contribution in [0.1, 0.15) is 42.6 Å². The third-order valence-electron chi connectivity index (χ3n) is 3.71. The molecule has 0 spiro atoms. The van der Waals surface area contributed by atoms with Crippen LogP contribution in [0.2, 0.25) is 10.0 Å². The molecule has 0 aliphatic heterocycles. The number of anilines is 1. The summed E-state index contributed by atoms with van der Waals surface area (Å²) < 4.78 is 5.21. The number of ether oxygens (including phenoxy) is 1. The summed E-state index contributed by atoms with van der Waals surface area (Å²) >= 11 is 11.7. The SMILES string of the molecule is CCCCc1ccc(C(=O)OC(C)C(=O)Nc2ncc(Cl)cc2Cl)cc1. The predicted octanol–water partition coefficient (Wildman–Crippen LogP) is 4.92. The van der Waals surface area contributed by atoms with Crippen molar-refractivity contribution in [1.82, 2.24) is 4.98 Å². The summed E-state index contributed by atoms with van der Waals surface area (Å²) in [7, 11) is 0. The summed E-state index contributed by atoms with van der Waals surface area (Å²) in [5, 5.41) is 3.07. The molecule has 26 heavy (non-hydrogen) atoms. The Morgan fingerprint density at radius 1 is 1.23 bits per heavy atom. The molecule has 5 nitrogen and oxygen atoms in total. The van der Waals surface area contributed by atoms with Crippen LogP contribution in [0.5, 0.6) is 0 Å². The van der Waals surface area contributed by atoms with Crippen LogP contribution in [0.15, 0.2) is 36.5 Å². The van der Waals surface area contributed by atoms with Gasteiger partial charge in [0.2, 0.25) is 0 Å². The number of rotatable bonds is 7. The van der Waals surface area contributed by atoms with E-state index in [1.54, 1.807) is 12.1 Å². The van der Waals surface area contributed by atoms with E-state index in [-0.39, 0.29) is 10.8 Å². The maximum Gasteiger partial charge on any atom is 0.338 e. The van der Waals surface area contributed by atoms with Gasteiger partial charge in [0.1, 0.15) is 0 Å². The number of carbonyl (C=O) groups excluding carboxylic acids is 2. The van der Waals surface area contributed by atoms with Crippen molar-refractivity contribution in [3.63, 3.8) is 0 Å². The van der Waals surface area contributed by atoms with E-state index in [1.165, 1.54) is 19.2 Å². The highest BCUT2D eigenvalue weighted by Crippen LogP contribution is 2.22. The molecule has 0 saturated heterocycles. The van der Waals surface area contributed by atoms with E-state index in [0.29, 0.717) is 10.6 Å². The fourth-order valence-electron chi connectivity index (χ4n) is 2.20. The number of aryl methyl sites for hydroxylation is 1. The van der Waals surface area contributed by atoms with E-state index in [2.05, 4.69) is 17.2 Å². The van der Waals surface area contributed by atoms with Crippen LogP contribution in [0.3, 0.4) is 0 Å². The summed E-state index contributed by atoms with van der Waals surface area (Å²) in [6.45, 7) is 3.61. The van der Waals surface area contributed by atoms with Crippen LogP contribution in [0, 0.1) is 0 Å². The summed E-state index contributed by atoms with van der Waals surface area (Å²) in [4.78, 5) is 28.3. The molecule has 7 heteroatoms. The summed E-state index contributed by atoms with van der Waals surface area (Å²) in [5.74, 6) is -0.941. The zero-order valence-corrected chi connectivity index (χ0v) is 16.1. The van der Waals surface area contributed by atoms with Crippen LogP contribution >= 0.6 is 23.2 Å². The Morgan fingerprint density at radius 2 is 1.92 bits per heavy atom. The number of unbranched alkanes of at least 4 members (excludes halogenated alkanes) is 1. The van der Waals surface area contributed by atoms with Gasteiger partial charge in [-0.05, 0) is 43.5 Å². The smallest absolute Gasteiger partial charge is 0.338 e. The van der Waals surface area contributed by atoms with Gasteiger partial charge in [0.25, 0.3) is 5.91 Å². The quantitative estimate of drug-likeness (QED) is 0.676. The molecule has 0 aliphatic rings. The second-order valence-electron chi connectivity index (χ2n) is 5.82. The van der Waals surface area contributed by atoms with Crippen molar-refractivity contribution in [3.05, 3.63) is 57.7 Å². The zero-order chi connectivity index (χ0) is 19.1. The predicted molar refractivity (Wildman–Crippen MR) is 103 cm³/mol. The number of benzene rings is 1. The molecule has 0 saturated carbocycles. The van der Waals surface area contributed by atoms with Gasteiger partial charge in [-0.25, -0.2) is 9.78 Å². The normalized spacial score (nSPS) is 11.7. The van der Waals surface area contributed by atoms with Crippen molar-refractivity contribution < 1.29 is 14.3 Å². The van der Waals surface area contributed by atoms with E-state index >= 15 is 0 Å². The molecule has 138 valence electrons. The minimum absolute atomic E-state index is 0.157. The van der Waals surface area contributed by atoms with Gasteiger partial charge >= 0.3 is 5.97 Å². The van der Waals surface area contributed by atoms with Crippen molar-refractivity contribution in [2.45, 2.75) is 39.2 Å². The number of esters is 1. The monoisotopic (exact) mass is 394 g/mol. The van der Waals surface area contributed by atoms with Gasteiger partial charge in [-0.3, -0.25) is 4.79 Å². The fourth-order valence-corrected chi connectivity index (χ4v) is 2.62. The lowest BCUT2D eigenvalue weighted by Crippen LogP contribution is -2.30. The fraction of sp³-hybridized carbons (Fsp3) is 0.316. The van der Waals surface area contributed by atoms with Crippen molar-refractivity contribution in [2.24, 2.45) is 0 Å². The highest BCUT2D eigenvalue weighted by Gasteiger charge is 2.20. The molecule has 1 N–H and O–H groups in total. The van der Waals surface area contributed by atoms with Crippen LogP contribution in [-0.2, 0) is 16.0 Å². The van der Waals surface area contributed by atoms with Gasteiger partial charge in [-0.1, -0.05) is 48.7 Å². The molecule has 0 radical (unpaired) electrons. The van der Waals surface area contributed by atoms with Gasteiger partial charge in [-0.2, -0.15) is 0 Å². The highest BCUT2D eigenvalue weighted by molar-refractivity contribution is 6.36. The molecule has 1 atom stereocenters. The average molecular weight is 395 g/mol.